The van der Waals surface area contributed by atoms with E-state index in [0.717, 1.165) is 31.8 Å². The molecule has 0 fully saturated rings. The standard InChI is InChI=1S/C10H19N3O/c1-3-9(14)4-5-11-8-10-12-6-7-13(10)2/h6-7,9,11,14H,3-5,8H2,1-2H3. The molecule has 4 nitrogen and oxygen atoms in total. The summed E-state index contributed by atoms with van der Waals surface area (Å²) in [5, 5.41) is 12.6. The van der Waals surface area contributed by atoms with Crippen molar-refractivity contribution in [1.29, 1.82) is 0 Å². The minimum atomic E-state index is -0.177. The van der Waals surface area contributed by atoms with E-state index in [-0.39, 0.29) is 6.10 Å². The fraction of sp³-hybridized carbons (Fsp3) is 0.700. The van der Waals surface area contributed by atoms with Gasteiger partial charge in [0.25, 0.3) is 0 Å². The van der Waals surface area contributed by atoms with Crippen LogP contribution in [0.15, 0.2) is 12.4 Å². The number of aliphatic hydroxyl groups is 1. The quantitative estimate of drug-likeness (QED) is 0.659. The molecule has 80 valence electrons. The average Bonchev–Trinajstić information content (AvgIpc) is 2.58. The van der Waals surface area contributed by atoms with Gasteiger partial charge in [-0.1, -0.05) is 6.92 Å². The Morgan fingerprint density at radius 3 is 3.00 bits per heavy atom. The largest absolute Gasteiger partial charge is 0.393 e. The molecule has 0 aliphatic heterocycles. The zero-order valence-electron chi connectivity index (χ0n) is 8.90. The molecule has 0 saturated heterocycles. The van der Waals surface area contributed by atoms with Gasteiger partial charge in [0.05, 0.1) is 12.6 Å². The number of aryl methyl sites for hydroxylation is 1. The molecule has 0 aliphatic carbocycles. The van der Waals surface area contributed by atoms with Crippen LogP contribution in [0.3, 0.4) is 0 Å². The highest BCUT2D eigenvalue weighted by Crippen LogP contribution is 1.96. The summed E-state index contributed by atoms with van der Waals surface area (Å²) < 4.78 is 1.99. The first-order valence-corrected chi connectivity index (χ1v) is 5.09. The molecular formula is C10H19N3O. The number of nitrogens with zero attached hydrogens (tertiary/aromatic N) is 2. The van der Waals surface area contributed by atoms with Gasteiger partial charge in [-0.05, 0) is 19.4 Å². The van der Waals surface area contributed by atoms with Crippen molar-refractivity contribution in [2.24, 2.45) is 7.05 Å². The number of aromatic nitrogens is 2. The Kier molecular flexibility index (Phi) is 4.62. The van der Waals surface area contributed by atoms with Crippen LogP contribution < -0.4 is 5.32 Å². The van der Waals surface area contributed by atoms with Gasteiger partial charge in [0.2, 0.25) is 0 Å². The third-order valence-corrected chi connectivity index (χ3v) is 2.33. The number of rotatable bonds is 6. The van der Waals surface area contributed by atoms with Gasteiger partial charge in [-0.2, -0.15) is 0 Å². The van der Waals surface area contributed by atoms with Crippen molar-refractivity contribution < 1.29 is 5.11 Å². The molecule has 0 radical (unpaired) electrons. The second kappa shape index (κ2) is 5.78. The fourth-order valence-corrected chi connectivity index (χ4v) is 1.24. The predicted octanol–water partition coefficient (Wildman–Crippen LogP) is 0.671. The Hall–Kier alpha value is -0.870. The van der Waals surface area contributed by atoms with Gasteiger partial charge < -0.3 is 15.0 Å². The highest BCUT2D eigenvalue weighted by atomic mass is 16.3. The van der Waals surface area contributed by atoms with Gasteiger partial charge in [-0.25, -0.2) is 4.98 Å². The molecule has 0 aliphatic rings. The van der Waals surface area contributed by atoms with Crippen molar-refractivity contribution in [1.82, 2.24) is 14.9 Å². The highest BCUT2D eigenvalue weighted by Gasteiger charge is 2.01. The van der Waals surface area contributed by atoms with Crippen LogP contribution >= 0.6 is 0 Å². The van der Waals surface area contributed by atoms with Crippen molar-refractivity contribution >= 4 is 0 Å². The van der Waals surface area contributed by atoms with Gasteiger partial charge in [0.15, 0.2) is 0 Å². The third-order valence-electron chi connectivity index (χ3n) is 2.33. The predicted molar refractivity (Wildman–Crippen MR) is 55.8 cm³/mol. The molecule has 4 heteroatoms. The van der Waals surface area contributed by atoms with Crippen LogP contribution in [-0.4, -0.2) is 27.3 Å². The maximum atomic E-state index is 9.31. The van der Waals surface area contributed by atoms with E-state index in [1.807, 2.05) is 24.7 Å². The van der Waals surface area contributed by atoms with E-state index < -0.39 is 0 Å². The molecular weight excluding hydrogens is 178 g/mol. The van der Waals surface area contributed by atoms with Crippen LogP contribution in [0.4, 0.5) is 0 Å². The molecule has 14 heavy (non-hydrogen) atoms. The number of hydrogen-bond donors (Lipinski definition) is 2. The summed E-state index contributed by atoms with van der Waals surface area (Å²) in [5.41, 5.74) is 0. The topological polar surface area (TPSA) is 50.1 Å². The number of nitrogens with one attached hydrogen (secondary N) is 1. The number of aliphatic hydroxyl groups excluding tert-OH is 1. The van der Waals surface area contributed by atoms with Gasteiger partial charge in [0, 0.05) is 19.4 Å². The average molecular weight is 197 g/mol. The van der Waals surface area contributed by atoms with E-state index in [0.29, 0.717) is 0 Å². The highest BCUT2D eigenvalue weighted by molar-refractivity contribution is 4.90. The van der Waals surface area contributed by atoms with E-state index in [1.54, 1.807) is 6.20 Å². The van der Waals surface area contributed by atoms with Crippen molar-refractivity contribution in [3.05, 3.63) is 18.2 Å². The Morgan fingerprint density at radius 2 is 2.43 bits per heavy atom. The molecule has 2 N–H and O–H groups in total. The molecule has 1 heterocycles. The van der Waals surface area contributed by atoms with Crippen molar-refractivity contribution in [3.8, 4) is 0 Å². The van der Waals surface area contributed by atoms with Crippen LogP contribution in [-0.2, 0) is 13.6 Å². The zero-order valence-corrected chi connectivity index (χ0v) is 8.90. The first-order valence-electron chi connectivity index (χ1n) is 5.09. The summed E-state index contributed by atoms with van der Waals surface area (Å²) in [4.78, 5) is 4.19. The van der Waals surface area contributed by atoms with E-state index in [2.05, 4.69) is 10.3 Å². The van der Waals surface area contributed by atoms with Gasteiger partial charge >= 0.3 is 0 Å². The normalized spacial score (nSPS) is 13.1. The smallest absolute Gasteiger partial charge is 0.122 e. The Morgan fingerprint density at radius 1 is 1.64 bits per heavy atom. The molecule has 0 saturated carbocycles. The van der Waals surface area contributed by atoms with E-state index >= 15 is 0 Å². The third kappa shape index (κ3) is 3.47. The maximum Gasteiger partial charge on any atom is 0.122 e. The minimum Gasteiger partial charge on any atom is -0.393 e. The second-order valence-electron chi connectivity index (χ2n) is 3.48. The summed E-state index contributed by atoms with van der Waals surface area (Å²) >= 11 is 0. The van der Waals surface area contributed by atoms with Crippen molar-refractivity contribution in [3.63, 3.8) is 0 Å². The monoisotopic (exact) mass is 197 g/mol. The summed E-state index contributed by atoms with van der Waals surface area (Å²) in [6.07, 6.45) is 5.17. The van der Waals surface area contributed by atoms with Gasteiger partial charge in [0.1, 0.15) is 5.82 Å². The number of hydrogen-bond acceptors (Lipinski definition) is 3. The van der Waals surface area contributed by atoms with E-state index in [1.165, 1.54) is 0 Å². The Labute approximate surface area is 85.0 Å². The van der Waals surface area contributed by atoms with E-state index in [9.17, 15) is 5.11 Å². The number of imidazole rings is 1. The lowest BCUT2D eigenvalue weighted by Crippen LogP contribution is -2.21. The lowest BCUT2D eigenvalue weighted by atomic mass is 10.2. The van der Waals surface area contributed by atoms with Crippen molar-refractivity contribution in [2.75, 3.05) is 6.54 Å². The molecule has 1 unspecified atom stereocenters. The SMILES string of the molecule is CCC(O)CCNCc1nccn1C. The Bertz CT molecular complexity index is 260. The molecule has 1 rings (SSSR count). The van der Waals surface area contributed by atoms with Crippen LogP contribution in [0.2, 0.25) is 0 Å². The van der Waals surface area contributed by atoms with E-state index in [4.69, 9.17) is 0 Å². The summed E-state index contributed by atoms with van der Waals surface area (Å²) in [5.74, 6) is 1.02. The lowest BCUT2D eigenvalue weighted by molar-refractivity contribution is 0.159. The molecule has 1 aromatic rings. The summed E-state index contributed by atoms with van der Waals surface area (Å²) in [6.45, 7) is 3.59. The first kappa shape index (κ1) is 11.2. The second-order valence-corrected chi connectivity index (χ2v) is 3.48. The van der Waals surface area contributed by atoms with Crippen molar-refractivity contribution in [2.45, 2.75) is 32.4 Å². The summed E-state index contributed by atoms with van der Waals surface area (Å²) in [6, 6.07) is 0. The molecule has 0 bridgehead atoms. The molecule has 0 aromatic carbocycles. The van der Waals surface area contributed by atoms with Crippen LogP contribution in [0.1, 0.15) is 25.6 Å². The summed E-state index contributed by atoms with van der Waals surface area (Å²) in [7, 11) is 1.98. The molecule has 1 aromatic heterocycles. The lowest BCUT2D eigenvalue weighted by Gasteiger charge is -2.08. The molecule has 0 amide bonds. The van der Waals surface area contributed by atoms with Crippen LogP contribution in [0, 0.1) is 0 Å². The van der Waals surface area contributed by atoms with Gasteiger partial charge in [-0.15, -0.1) is 0 Å². The maximum absolute atomic E-state index is 9.31. The molecule has 0 spiro atoms. The zero-order chi connectivity index (χ0) is 10.4. The molecule has 1 atom stereocenters. The first-order chi connectivity index (χ1) is 6.74. The Balaban J connectivity index is 2.13. The van der Waals surface area contributed by atoms with Crippen LogP contribution in [0.25, 0.3) is 0 Å². The van der Waals surface area contributed by atoms with Crippen LogP contribution in [0.5, 0.6) is 0 Å². The fourth-order valence-electron chi connectivity index (χ4n) is 1.24. The minimum absolute atomic E-state index is 0.177. The van der Waals surface area contributed by atoms with Gasteiger partial charge in [-0.3, -0.25) is 0 Å².